The van der Waals surface area contributed by atoms with Crippen LogP contribution in [0.15, 0.2) is 36.7 Å². The standard InChI is InChI=1S/C15H17FN4/c16-12-3-1-11(2-4-12)14-9-19-15(10-18-14)20-13-5-7-17-8-6-13/h1-4,9-10,13,17H,5-8H2,(H,19,20). The summed E-state index contributed by atoms with van der Waals surface area (Å²) in [5.74, 6) is 0.550. The number of nitrogens with one attached hydrogen (secondary N) is 2. The van der Waals surface area contributed by atoms with Crippen LogP contribution in [0.5, 0.6) is 0 Å². The van der Waals surface area contributed by atoms with E-state index >= 15 is 0 Å². The van der Waals surface area contributed by atoms with Gasteiger partial charge in [-0.2, -0.15) is 0 Å². The molecule has 20 heavy (non-hydrogen) atoms. The zero-order valence-electron chi connectivity index (χ0n) is 11.1. The maximum absolute atomic E-state index is 12.9. The van der Waals surface area contributed by atoms with E-state index in [0.29, 0.717) is 6.04 Å². The minimum absolute atomic E-state index is 0.245. The summed E-state index contributed by atoms with van der Waals surface area (Å²) in [6.07, 6.45) is 5.65. The fourth-order valence-corrected chi connectivity index (χ4v) is 2.35. The molecule has 0 bridgehead atoms. The monoisotopic (exact) mass is 272 g/mol. The predicted molar refractivity (Wildman–Crippen MR) is 76.9 cm³/mol. The van der Waals surface area contributed by atoms with Crippen LogP contribution in [0.1, 0.15) is 12.8 Å². The van der Waals surface area contributed by atoms with Crippen LogP contribution >= 0.6 is 0 Å². The molecule has 104 valence electrons. The Bertz CT molecular complexity index is 547. The average Bonchev–Trinajstić information content (AvgIpc) is 2.50. The van der Waals surface area contributed by atoms with Crippen molar-refractivity contribution in [2.24, 2.45) is 0 Å². The number of halogens is 1. The highest BCUT2D eigenvalue weighted by molar-refractivity contribution is 5.58. The minimum Gasteiger partial charge on any atom is -0.366 e. The number of hydrogen-bond acceptors (Lipinski definition) is 4. The third-order valence-electron chi connectivity index (χ3n) is 3.48. The zero-order chi connectivity index (χ0) is 13.8. The van der Waals surface area contributed by atoms with Gasteiger partial charge in [0.15, 0.2) is 0 Å². The second-order valence-corrected chi connectivity index (χ2v) is 4.96. The van der Waals surface area contributed by atoms with Gasteiger partial charge < -0.3 is 10.6 Å². The Balaban J connectivity index is 1.69. The molecule has 0 saturated carbocycles. The summed E-state index contributed by atoms with van der Waals surface area (Å²) in [6.45, 7) is 2.08. The summed E-state index contributed by atoms with van der Waals surface area (Å²) in [5.41, 5.74) is 1.62. The highest BCUT2D eigenvalue weighted by Crippen LogP contribution is 2.18. The Labute approximate surface area is 117 Å². The topological polar surface area (TPSA) is 49.8 Å². The highest BCUT2D eigenvalue weighted by Gasteiger charge is 2.13. The van der Waals surface area contributed by atoms with Crippen molar-refractivity contribution >= 4 is 5.82 Å². The van der Waals surface area contributed by atoms with Gasteiger partial charge in [-0.05, 0) is 50.2 Å². The zero-order valence-corrected chi connectivity index (χ0v) is 11.1. The molecule has 2 heterocycles. The van der Waals surface area contributed by atoms with E-state index in [-0.39, 0.29) is 5.82 Å². The Kier molecular flexibility index (Phi) is 3.87. The van der Waals surface area contributed by atoms with Crippen LogP contribution in [0, 0.1) is 5.82 Å². The summed E-state index contributed by atoms with van der Waals surface area (Å²) >= 11 is 0. The lowest BCUT2D eigenvalue weighted by Crippen LogP contribution is -2.35. The molecule has 0 radical (unpaired) electrons. The van der Waals surface area contributed by atoms with Crippen LogP contribution in [0.25, 0.3) is 11.3 Å². The number of nitrogens with zero attached hydrogens (tertiary/aromatic N) is 2. The van der Waals surface area contributed by atoms with Crippen molar-refractivity contribution in [3.05, 3.63) is 42.5 Å². The summed E-state index contributed by atoms with van der Waals surface area (Å²) in [5, 5.41) is 6.72. The van der Waals surface area contributed by atoms with Gasteiger partial charge in [0.05, 0.1) is 18.1 Å². The van der Waals surface area contributed by atoms with Crippen molar-refractivity contribution < 1.29 is 4.39 Å². The first-order chi connectivity index (χ1) is 9.81. The molecule has 2 N–H and O–H groups in total. The van der Waals surface area contributed by atoms with Gasteiger partial charge in [0, 0.05) is 11.6 Å². The first-order valence-electron chi connectivity index (χ1n) is 6.86. The number of hydrogen-bond donors (Lipinski definition) is 2. The van der Waals surface area contributed by atoms with Crippen LogP contribution in [0.4, 0.5) is 10.2 Å². The summed E-state index contributed by atoms with van der Waals surface area (Å²) < 4.78 is 12.9. The smallest absolute Gasteiger partial charge is 0.144 e. The first kappa shape index (κ1) is 13.0. The molecular weight excluding hydrogens is 255 g/mol. The lowest BCUT2D eigenvalue weighted by atomic mass is 10.1. The van der Waals surface area contributed by atoms with Gasteiger partial charge in [-0.25, -0.2) is 9.37 Å². The van der Waals surface area contributed by atoms with E-state index in [2.05, 4.69) is 20.6 Å². The van der Waals surface area contributed by atoms with Gasteiger partial charge in [-0.15, -0.1) is 0 Å². The average molecular weight is 272 g/mol. The van der Waals surface area contributed by atoms with Crippen molar-refractivity contribution in [1.82, 2.24) is 15.3 Å². The van der Waals surface area contributed by atoms with E-state index in [1.54, 1.807) is 24.5 Å². The molecule has 3 rings (SSSR count). The number of anilines is 1. The Morgan fingerprint density at radius 1 is 1.05 bits per heavy atom. The maximum atomic E-state index is 12.9. The third kappa shape index (κ3) is 3.11. The van der Waals surface area contributed by atoms with Crippen molar-refractivity contribution in [2.45, 2.75) is 18.9 Å². The quantitative estimate of drug-likeness (QED) is 0.901. The molecule has 0 amide bonds. The summed E-state index contributed by atoms with van der Waals surface area (Å²) in [4.78, 5) is 8.76. The molecule has 1 aliphatic rings. The third-order valence-corrected chi connectivity index (χ3v) is 3.48. The minimum atomic E-state index is -0.245. The van der Waals surface area contributed by atoms with Crippen LogP contribution in [-0.4, -0.2) is 29.1 Å². The molecule has 1 aromatic heterocycles. The Morgan fingerprint density at radius 2 is 1.80 bits per heavy atom. The van der Waals surface area contributed by atoms with E-state index in [9.17, 15) is 4.39 Å². The molecule has 4 nitrogen and oxygen atoms in total. The molecule has 1 aromatic carbocycles. The van der Waals surface area contributed by atoms with Crippen molar-refractivity contribution in [3.63, 3.8) is 0 Å². The fraction of sp³-hybridized carbons (Fsp3) is 0.333. The largest absolute Gasteiger partial charge is 0.366 e. The van der Waals surface area contributed by atoms with Crippen LogP contribution in [0.3, 0.4) is 0 Å². The number of benzene rings is 1. The summed E-state index contributed by atoms with van der Waals surface area (Å²) in [6, 6.07) is 6.73. The van der Waals surface area contributed by atoms with E-state index in [1.165, 1.54) is 12.1 Å². The Morgan fingerprint density at radius 3 is 2.45 bits per heavy atom. The SMILES string of the molecule is Fc1ccc(-c2cnc(NC3CCNCC3)cn2)cc1. The van der Waals surface area contributed by atoms with Gasteiger partial charge in [0.1, 0.15) is 11.6 Å². The Hall–Kier alpha value is -2.01. The molecule has 2 aromatic rings. The molecule has 0 spiro atoms. The van der Waals surface area contributed by atoms with Crippen LogP contribution in [-0.2, 0) is 0 Å². The van der Waals surface area contributed by atoms with E-state index in [1.807, 2.05) is 0 Å². The molecular formula is C15H17FN4. The van der Waals surface area contributed by atoms with Gasteiger partial charge >= 0.3 is 0 Å². The normalized spacial score (nSPS) is 16.1. The van der Waals surface area contributed by atoms with E-state index < -0.39 is 0 Å². The molecule has 1 aliphatic heterocycles. The van der Waals surface area contributed by atoms with Crippen LogP contribution < -0.4 is 10.6 Å². The molecule has 0 atom stereocenters. The molecule has 0 aliphatic carbocycles. The van der Waals surface area contributed by atoms with E-state index in [0.717, 1.165) is 43.0 Å². The maximum Gasteiger partial charge on any atom is 0.144 e. The molecule has 0 unspecified atom stereocenters. The number of rotatable bonds is 3. The van der Waals surface area contributed by atoms with Crippen molar-refractivity contribution in [1.29, 1.82) is 0 Å². The van der Waals surface area contributed by atoms with Gasteiger partial charge in [0.25, 0.3) is 0 Å². The van der Waals surface area contributed by atoms with E-state index in [4.69, 9.17) is 0 Å². The number of piperidine rings is 1. The fourth-order valence-electron chi connectivity index (χ4n) is 2.35. The number of aromatic nitrogens is 2. The lowest BCUT2D eigenvalue weighted by Gasteiger charge is -2.23. The summed E-state index contributed by atoms with van der Waals surface area (Å²) in [7, 11) is 0. The van der Waals surface area contributed by atoms with Gasteiger partial charge in [-0.1, -0.05) is 0 Å². The lowest BCUT2D eigenvalue weighted by molar-refractivity contribution is 0.478. The van der Waals surface area contributed by atoms with Crippen molar-refractivity contribution in [2.75, 3.05) is 18.4 Å². The first-order valence-corrected chi connectivity index (χ1v) is 6.86. The molecule has 1 fully saturated rings. The van der Waals surface area contributed by atoms with Gasteiger partial charge in [-0.3, -0.25) is 4.98 Å². The molecule has 5 heteroatoms. The highest BCUT2D eigenvalue weighted by atomic mass is 19.1. The second-order valence-electron chi connectivity index (χ2n) is 4.96. The predicted octanol–water partition coefficient (Wildman–Crippen LogP) is 2.45. The second kappa shape index (κ2) is 5.96. The van der Waals surface area contributed by atoms with Gasteiger partial charge in [0.2, 0.25) is 0 Å². The van der Waals surface area contributed by atoms with Crippen LogP contribution in [0.2, 0.25) is 0 Å². The molecule has 1 saturated heterocycles. The van der Waals surface area contributed by atoms with Crippen molar-refractivity contribution in [3.8, 4) is 11.3 Å².